The fraction of sp³-hybridized carbons (Fsp3) is 0.182. The number of rotatable bonds is 2. The van der Waals surface area contributed by atoms with Crippen molar-refractivity contribution in [2.24, 2.45) is 10.2 Å². The molecule has 3 N–H and O–H groups in total. The molecule has 2 rings (SSSR count). The third-order valence-electron chi connectivity index (χ3n) is 2.40. The van der Waals surface area contributed by atoms with Crippen molar-refractivity contribution in [3.8, 4) is 0 Å². The normalized spacial score (nSPS) is 12.2. The van der Waals surface area contributed by atoms with Crippen LogP contribution in [0.25, 0.3) is 0 Å². The third kappa shape index (κ3) is 2.90. The predicted octanol–water partition coefficient (Wildman–Crippen LogP) is 3.73. The first-order valence-electron chi connectivity index (χ1n) is 5.27. The zero-order valence-electron chi connectivity index (χ0n) is 9.86. The highest BCUT2D eigenvalue weighted by atomic mass is 19.4. The second kappa shape index (κ2) is 4.71. The number of alkyl halides is 3. The molecule has 0 aliphatic carbocycles. The number of nitrogens with one attached hydrogen (secondary N) is 1. The Balaban J connectivity index is 2.21. The number of aryl methyl sites for hydroxylation is 1. The zero-order valence-corrected chi connectivity index (χ0v) is 9.86. The summed E-state index contributed by atoms with van der Waals surface area (Å²) in [5, 5.41) is 14.0. The Morgan fingerprint density at radius 1 is 1.16 bits per heavy atom. The molecule has 0 aliphatic heterocycles. The summed E-state index contributed by atoms with van der Waals surface area (Å²) in [5.41, 5.74) is 6.12. The molecule has 0 saturated carbocycles. The van der Waals surface area contributed by atoms with Crippen LogP contribution in [0.2, 0.25) is 0 Å². The van der Waals surface area contributed by atoms with Crippen LogP contribution in [0, 0.1) is 6.92 Å². The van der Waals surface area contributed by atoms with E-state index in [-0.39, 0.29) is 5.82 Å². The monoisotopic (exact) mass is 269 g/mol. The molecule has 2 aromatic rings. The smallest absolute Gasteiger partial charge is 0.380 e. The Kier molecular flexibility index (Phi) is 3.24. The Hall–Kier alpha value is -2.38. The fourth-order valence-electron chi connectivity index (χ4n) is 1.39. The van der Waals surface area contributed by atoms with Gasteiger partial charge in [0.05, 0.1) is 16.9 Å². The summed E-state index contributed by atoms with van der Waals surface area (Å²) in [4.78, 5) is 0. The maximum absolute atomic E-state index is 12.4. The summed E-state index contributed by atoms with van der Waals surface area (Å²) in [5.74, 6) is 0.188. The molecular weight excluding hydrogens is 259 g/mol. The third-order valence-corrected chi connectivity index (χ3v) is 2.40. The molecule has 19 heavy (non-hydrogen) atoms. The summed E-state index contributed by atoms with van der Waals surface area (Å²) < 4.78 is 37.1. The van der Waals surface area contributed by atoms with E-state index in [9.17, 15) is 13.2 Å². The highest BCUT2D eigenvalue weighted by Gasteiger charge is 2.29. The van der Waals surface area contributed by atoms with Gasteiger partial charge in [-0.2, -0.15) is 23.4 Å². The molecule has 1 heterocycles. The molecule has 1 aromatic carbocycles. The number of halogens is 3. The summed E-state index contributed by atoms with van der Waals surface area (Å²) in [7, 11) is 0. The quantitative estimate of drug-likeness (QED) is 0.814. The topological polar surface area (TPSA) is 79.4 Å². The van der Waals surface area contributed by atoms with Crippen molar-refractivity contribution in [3.05, 3.63) is 35.5 Å². The van der Waals surface area contributed by atoms with Crippen LogP contribution in [-0.2, 0) is 6.18 Å². The van der Waals surface area contributed by atoms with Gasteiger partial charge in [-0.15, -0.1) is 5.11 Å². The number of nitrogen functional groups attached to an aromatic ring is 1. The molecule has 0 radical (unpaired) electrons. The summed E-state index contributed by atoms with van der Waals surface area (Å²) in [6.07, 6.45) is -4.36. The van der Waals surface area contributed by atoms with Gasteiger partial charge in [-0.05, 0) is 31.2 Å². The molecule has 1 aromatic heterocycles. The molecule has 0 atom stereocenters. The largest absolute Gasteiger partial charge is 0.416 e. The van der Waals surface area contributed by atoms with Crippen LogP contribution < -0.4 is 5.73 Å². The molecule has 8 heteroatoms. The molecule has 0 fully saturated rings. The van der Waals surface area contributed by atoms with Crippen molar-refractivity contribution in [1.82, 2.24) is 10.2 Å². The lowest BCUT2D eigenvalue weighted by Gasteiger charge is -2.05. The van der Waals surface area contributed by atoms with Crippen LogP contribution in [0.5, 0.6) is 0 Å². The average Bonchev–Trinajstić information content (AvgIpc) is 2.66. The minimum absolute atomic E-state index is 0.188. The lowest BCUT2D eigenvalue weighted by atomic mass is 10.2. The SMILES string of the molecule is Cc1[nH]nc(N)c1N=Nc1ccc(C(F)(F)F)cc1. The van der Waals surface area contributed by atoms with E-state index < -0.39 is 11.7 Å². The Morgan fingerprint density at radius 2 is 1.79 bits per heavy atom. The number of benzene rings is 1. The molecule has 5 nitrogen and oxygen atoms in total. The molecule has 0 aliphatic rings. The summed E-state index contributed by atoms with van der Waals surface area (Å²) >= 11 is 0. The first kappa shape index (κ1) is 13.1. The van der Waals surface area contributed by atoms with Gasteiger partial charge in [0.2, 0.25) is 0 Å². The van der Waals surface area contributed by atoms with E-state index in [4.69, 9.17) is 5.73 Å². The van der Waals surface area contributed by atoms with Crippen molar-refractivity contribution in [2.45, 2.75) is 13.1 Å². The Morgan fingerprint density at radius 3 is 2.26 bits per heavy atom. The predicted molar refractivity (Wildman–Crippen MR) is 63.4 cm³/mol. The van der Waals surface area contributed by atoms with Gasteiger partial charge in [0.25, 0.3) is 0 Å². The minimum Gasteiger partial charge on any atom is -0.380 e. The fourth-order valence-corrected chi connectivity index (χ4v) is 1.39. The lowest BCUT2D eigenvalue weighted by Crippen LogP contribution is -2.03. The van der Waals surface area contributed by atoms with Crippen LogP contribution in [-0.4, -0.2) is 10.2 Å². The van der Waals surface area contributed by atoms with Gasteiger partial charge >= 0.3 is 6.18 Å². The van der Waals surface area contributed by atoms with Crippen molar-refractivity contribution in [3.63, 3.8) is 0 Å². The average molecular weight is 269 g/mol. The van der Waals surface area contributed by atoms with Gasteiger partial charge in [0.1, 0.15) is 5.69 Å². The maximum atomic E-state index is 12.4. The van der Waals surface area contributed by atoms with Crippen LogP contribution >= 0.6 is 0 Å². The Labute approximate surface area is 106 Å². The van der Waals surface area contributed by atoms with Crippen molar-refractivity contribution in [2.75, 3.05) is 5.73 Å². The minimum atomic E-state index is -4.36. The second-order valence-corrected chi connectivity index (χ2v) is 3.83. The highest BCUT2D eigenvalue weighted by Crippen LogP contribution is 2.31. The van der Waals surface area contributed by atoms with Crippen LogP contribution in [0.3, 0.4) is 0 Å². The molecule has 0 saturated heterocycles. The first-order chi connectivity index (χ1) is 8.88. The van der Waals surface area contributed by atoms with Gasteiger partial charge < -0.3 is 5.73 Å². The van der Waals surface area contributed by atoms with E-state index in [1.807, 2.05) is 0 Å². The van der Waals surface area contributed by atoms with E-state index in [1.54, 1.807) is 6.92 Å². The van der Waals surface area contributed by atoms with Gasteiger partial charge in [0, 0.05) is 0 Å². The van der Waals surface area contributed by atoms with Crippen LogP contribution in [0.15, 0.2) is 34.5 Å². The lowest BCUT2D eigenvalue weighted by molar-refractivity contribution is -0.137. The number of nitrogens with two attached hydrogens (primary N) is 1. The number of anilines is 1. The van der Waals surface area contributed by atoms with Gasteiger partial charge in [0.15, 0.2) is 5.82 Å². The summed E-state index contributed by atoms with van der Waals surface area (Å²) in [6.45, 7) is 1.71. The maximum Gasteiger partial charge on any atom is 0.416 e. The van der Waals surface area contributed by atoms with Crippen molar-refractivity contribution >= 4 is 17.2 Å². The molecule has 0 bridgehead atoms. The molecular formula is C11H10F3N5. The number of nitrogens with zero attached hydrogens (tertiary/aromatic N) is 3. The van der Waals surface area contributed by atoms with Crippen molar-refractivity contribution < 1.29 is 13.2 Å². The summed E-state index contributed by atoms with van der Waals surface area (Å²) in [6, 6.07) is 4.36. The molecule has 0 amide bonds. The molecule has 0 spiro atoms. The van der Waals surface area contributed by atoms with E-state index in [0.29, 0.717) is 17.1 Å². The zero-order chi connectivity index (χ0) is 14.0. The van der Waals surface area contributed by atoms with Crippen molar-refractivity contribution in [1.29, 1.82) is 0 Å². The number of H-pyrrole nitrogens is 1. The molecule has 100 valence electrons. The Bertz CT molecular complexity index is 578. The number of aromatic nitrogens is 2. The van der Waals surface area contributed by atoms with Crippen LogP contribution in [0.1, 0.15) is 11.3 Å². The number of aromatic amines is 1. The second-order valence-electron chi connectivity index (χ2n) is 3.83. The first-order valence-corrected chi connectivity index (χ1v) is 5.27. The van der Waals surface area contributed by atoms with E-state index >= 15 is 0 Å². The highest BCUT2D eigenvalue weighted by molar-refractivity contribution is 5.59. The van der Waals surface area contributed by atoms with Gasteiger partial charge in [-0.25, -0.2) is 0 Å². The van der Waals surface area contributed by atoms with Crippen LogP contribution in [0.4, 0.5) is 30.4 Å². The van der Waals surface area contributed by atoms with E-state index in [2.05, 4.69) is 20.4 Å². The number of hydrogen-bond donors (Lipinski definition) is 2. The van der Waals surface area contributed by atoms with E-state index in [0.717, 1.165) is 12.1 Å². The van der Waals surface area contributed by atoms with E-state index in [1.165, 1.54) is 12.1 Å². The number of hydrogen-bond acceptors (Lipinski definition) is 4. The van der Waals surface area contributed by atoms with Gasteiger partial charge in [-0.1, -0.05) is 0 Å². The van der Waals surface area contributed by atoms with Gasteiger partial charge in [-0.3, -0.25) is 5.10 Å². The molecule has 0 unspecified atom stereocenters. The number of azo groups is 1. The standard InChI is InChI=1S/C11H10F3N5/c1-6-9(10(15)19-16-6)18-17-8-4-2-7(3-5-8)11(12,13)14/h2-5H,1H3,(H3,15,16,19).